The first-order valence-electron chi connectivity index (χ1n) is 20.1. The molecule has 12 rings (SSSR count). The minimum atomic E-state index is 0. The number of fused-ring (bicyclic) bond motifs is 7. The van der Waals surface area contributed by atoms with Crippen LogP contribution < -0.4 is 9.47 Å². The van der Waals surface area contributed by atoms with Gasteiger partial charge < -0.3 is 27.7 Å². The molecule has 10 nitrogen and oxygen atoms in total. The maximum Gasteiger partial charge on any atom is 2.00 e. The van der Waals surface area contributed by atoms with Crippen LogP contribution in [0.5, 0.6) is 23.0 Å². The zero-order chi connectivity index (χ0) is 41.3. The van der Waals surface area contributed by atoms with Gasteiger partial charge in [0.1, 0.15) is 11.6 Å². The number of hydrogen-bond acceptors (Lipinski definition) is 6. The smallest absolute Gasteiger partial charge is 0.503 e. The summed E-state index contributed by atoms with van der Waals surface area (Å²) in [6.45, 7) is 0. The molecule has 0 saturated heterocycles. The molecular weight excluding hydrogens is 1160 g/mol. The van der Waals surface area contributed by atoms with Crippen LogP contribution in [0.4, 0.5) is 0 Å². The van der Waals surface area contributed by atoms with E-state index < -0.39 is 0 Å². The van der Waals surface area contributed by atoms with E-state index in [-0.39, 0.29) is 42.1 Å². The number of benzene rings is 6. The zero-order valence-electron chi connectivity index (χ0n) is 34.0. The number of imidazole rings is 2. The fourth-order valence-corrected chi connectivity index (χ4v) is 8.43. The summed E-state index contributed by atoms with van der Waals surface area (Å²) in [4.78, 5) is 19.4. The molecule has 0 unspecified atom stereocenters. The summed E-state index contributed by atoms with van der Waals surface area (Å²) in [5, 5.41) is 1.85. The van der Waals surface area contributed by atoms with Crippen molar-refractivity contribution in [3.8, 4) is 57.4 Å². The van der Waals surface area contributed by atoms with Crippen LogP contribution in [-0.2, 0) is 56.2 Å². The van der Waals surface area contributed by atoms with Gasteiger partial charge in [-0.3, -0.25) is 9.97 Å². The fourth-order valence-electron chi connectivity index (χ4n) is 8.43. The number of rotatable bonds is 8. The molecule has 0 amide bonds. The van der Waals surface area contributed by atoms with Gasteiger partial charge in [-0.25, -0.2) is 9.97 Å². The van der Waals surface area contributed by atoms with Crippen LogP contribution in [0.3, 0.4) is 0 Å². The summed E-state index contributed by atoms with van der Waals surface area (Å²) >= 11 is 0. The molecule has 12 aromatic rings. The van der Waals surface area contributed by atoms with Gasteiger partial charge in [0.15, 0.2) is 0 Å². The van der Waals surface area contributed by atoms with Gasteiger partial charge in [-0.2, -0.15) is 12.1 Å². The van der Waals surface area contributed by atoms with Gasteiger partial charge >= 0.3 is 42.1 Å². The Kier molecular flexibility index (Phi) is 10.6. The van der Waals surface area contributed by atoms with Crippen molar-refractivity contribution in [1.82, 2.24) is 38.2 Å². The van der Waals surface area contributed by atoms with E-state index in [1.54, 1.807) is 12.4 Å². The molecule has 0 bridgehead atoms. The van der Waals surface area contributed by atoms with Gasteiger partial charge in [-0.05, 0) is 48.5 Å². The van der Waals surface area contributed by atoms with Crippen LogP contribution in [0, 0.1) is 24.3 Å². The molecule has 0 aliphatic carbocycles. The number of aromatic nitrogens is 8. The van der Waals surface area contributed by atoms with Crippen molar-refractivity contribution in [2.45, 2.75) is 0 Å². The molecular formula is C52H32N8O2Pt2. The number of hydrogen-bond donors (Lipinski definition) is 0. The van der Waals surface area contributed by atoms with Crippen LogP contribution in [0.2, 0.25) is 0 Å². The predicted molar refractivity (Wildman–Crippen MR) is 241 cm³/mol. The number of ether oxygens (including phenoxy) is 2. The molecule has 12 heteroatoms. The zero-order valence-corrected chi connectivity index (χ0v) is 38.6. The maximum absolute atomic E-state index is 6.53. The SMILES string of the molecule is Cn1c(-c2[c-]c(Oc3[c-]c4c(cc3)c3c(c5ccc(Oc6[c-]c(-c7nc8ccccc8n7C)ccc6)[c-]c5n3-c3ccccn3)n4-c3ccccn3)ccc2)nc2ccccc21.[Pt+2].[Pt+2]. The second-order valence-electron chi connectivity index (χ2n) is 14.9. The Morgan fingerprint density at radius 2 is 0.844 bits per heavy atom. The number of nitrogens with zero attached hydrogens (tertiary/aromatic N) is 8. The first kappa shape index (κ1) is 40.9. The van der Waals surface area contributed by atoms with Crippen molar-refractivity contribution >= 4 is 54.9 Å². The van der Waals surface area contributed by atoms with E-state index in [0.717, 1.165) is 89.3 Å². The number of para-hydroxylation sites is 4. The molecule has 64 heavy (non-hydrogen) atoms. The quantitative estimate of drug-likeness (QED) is 0.141. The molecule has 0 saturated carbocycles. The van der Waals surface area contributed by atoms with E-state index in [2.05, 4.69) is 66.8 Å². The first-order valence-corrected chi connectivity index (χ1v) is 20.1. The van der Waals surface area contributed by atoms with Crippen LogP contribution in [-0.4, -0.2) is 38.2 Å². The van der Waals surface area contributed by atoms with Crippen LogP contribution >= 0.6 is 0 Å². The minimum absolute atomic E-state index is 0. The second kappa shape index (κ2) is 16.5. The summed E-state index contributed by atoms with van der Waals surface area (Å²) in [5.41, 5.74) is 9.01. The first-order chi connectivity index (χ1) is 30.6. The molecule has 0 atom stereocenters. The summed E-state index contributed by atoms with van der Waals surface area (Å²) in [7, 11) is 4.03. The van der Waals surface area contributed by atoms with Crippen molar-refractivity contribution in [3.05, 3.63) is 182 Å². The van der Waals surface area contributed by atoms with Crippen molar-refractivity contribution < 1.29 is 51.6 Å². The van der Waals surface area contributed by atoms with Crippen molar-refractivity contribution in [2.75, 3.05) is 0 Å². The summed E-state index contributed by atoms with van der Waals surface area (Å²) in [5.74, 6) is 5.22. The molecule has 312 valence electrons. The second-order valence-corrected chi connectivity index (χ2v) is 14.9. The topological polar surface area (TPSA) is 89.7 Å². The third-order valence-electron chi connectivity index (χ3n) is 11.2. The van der Waals surface area contributed by atoms with E-state index in [0.29, 0.717) is 23.0 Å². The molecule has 0 N–H and O–H groups in total. The Balaban J connectivity index is 0.00000242. The van der Waals surface area contributed by atoms with E-state index in [1.807, 2.05) is 135 Å². The third-order valence-corrected chi connectivity index (χ3v) is 11.2. The van der Waals surface area contributed by atoms with Gasteiger partial charge in [-0.15, -0.1) is 71.8 Å². The molecule has 6 aromatic heterocycles. The van der Waals surface area contributed by atoms with E-state index in [4.69, 9.17) is 29.4 Å². The van der Waals surface area contributed by atoms with E-state index >= 15 is 0 Å². The van der Waals surface area contributed by atoms with Crippen molar-refractivity contribution in [3.63, 3.8) is 0 Å². The number of aryl methyl sites for hydroxylation is 2. The van der Waals surface area contributed by atoms with Crippen LogP contribution in [0.25, 0.3) is 89.3 Å². The van der Waals surface area contributed by atoms with Crippen LogP contribution in [0.15, 0.2) is 158 Å². The van der Waals surface area contributed by atoms with E-state index in [1.165, 1.54) is 0 Å². The van der Waals surface area contributed by atoms with Gasteiger partial charge in [0, 0.05) is 60.5 Å². The van der Waals surface area contributed by atoms with Gasteiger partial charge in [0.2, 0.25) is 0 Å². The monoisotopic (exact) mass is 1190 g/mol. The maximum atomic E-state index is 6.53. The molecule has 0 fully saturated rings. The van der Waals surface area contributed by atoms with Gasteiger partial charge in [0.25, 0.3) is 0 Å². The third kappa shape index (κ3) is 6.82. The summed E-state index contributed by atoms with van der Waals surface area (Å²) in [6.07, 6.45) is 3.59. The summed E-state index contributed by atoms with van der Waals surface area (Å²) < 4.78 is 21.5. The normalized spacial score (nSPS) is 11.3. The number of pyridine rings is 2. The van der Waals surface area contributed by atoms with E-state index in [9.17, 15) is 0 Å². The molecule has 6 heterocycles. The van der Waals surface area contributed by atoms with Gasteiger partial charge in [-0.1, -0.05) is 70.3 Å². The van der Waals surface area contributed by atoms with Crippen molar-refractivity contribution in [1.29, 1.82) is 0 Å². The summed E-state index contributed by atoms with van der Waals surface area (Å²) in [6, 6.07) is 61.7. The fraction of sp³-hybridized carbons (Fsp3) is 0.0385. The molecule has 0 radical (unpaired) electrons. The molecule has 0 aliphatic rings. The Labute approximate surface area is 395 Å². The molecule has 0 spiro atoms. The largest absolute Gasteiger partial charge is 2.00 e. The van der Waals surface area contributed by atoms with Crippen LogP contribution in [0.1, 0.15) is 0 Å². The predicted octanol–water partition coefficient (Wildman–Crippen LogP) is 11.4. The minimum Gasteiger partial charge on any atom is -0.503 e. The Morgan fingerprint density at radius 1 is 0.422 bits per heavy atom. The Bertz CT molecular complexity index is 3450. The molecule has 0 aliphatic heterocycles. The average molecular weight is 1190 g/mol. The standard InChI is InChI=1S/C52H32N8O2.2Pt/c1-57-43-19-5-3-17-41(43)55-51(57)33-13-11-15-35(29-33)61-37-23-25-39-45(31-37)59(47-21-7-9-27-53-47)50-40-26-24-38(32-46(40)60(49(39)50)48-22-8-10-28-54-48)62-36-16-12-14-34(30-36)52-56-42-18-4-6-20-44(42)58(52)2;;/h3-28H,1-2H3;;/q-4;2*+2. The molecule has 6 aromatic carbocycles. The van der Waals surface area contributed by atoms with Gasteiger partial charge in [0.05, 0.1) is 33.7 Å². The van der Waals surface area contributed by atoms with Crippen molar-refractivity contribution in [2.24, 2.45) is 14.1 Å². The average Bonchev–Trinajstić information content (AvgIpc) is 4.04. The Hall–Kier alpha value is -7.12. The Morgan fingerprint density at radius 3 is 1.27 bits per heavy atom.